The van der Waals surface area contributed by atoms with Gasteiger partial charge in [0, 0.05) is 48.9 Å². The van der Waals surface area contributed by atoms with Crippen LogP contribution < -0.4 is 5.32 Å². The zero-order valence-corrected chi connectivity index (χ0v) is 18.1. The molecule has 0 bridgehead atoms. The van der Waals surface area contributed by atoms with Crippen molar-refractivity contribution in [2.24, 2.45) is 18.4 Å². The smallest absolute Gasteiger partial charge is 0.251 e. The number of rotatable bonds is 7. The minimum atomic E-state index is -3.55. The van der Waals surface area contributed by atoms with E-state index in [1.54, 1.807) is 25.2 Å². The zero-order valence-electron chi connectivity index (χ0n) is 16.6. The summed E-state index contributed by atoms with van der Waals surface area (Å²) in [7, 11) is -1.85. The maximum Gasteiger partial charge on any atom is 0.251 e. The first kappa shape index (κ1) is 20.4. The number of aromatic nitrogens is 2. The third-order valence-electron chi connectivity index (χ3n) is 5.82. The molecule has 29 heavy (non-hydrogen) atoms. The molecule has 2 aromatic rings. The first-order valence-corrected chi connectivity index (χ1v) is 11.5. The lowest BCUT2D eigenvalue weighted by Crippen LogP contribution is -2.62. The van der Waals surface area contributed by atoms with Crippen LogP contribution in [-0.2, 0) is 17.1 Å². The lowest BCUT2D eigenvalue weighted by atomic mass is 9.76. The van der Waals surface area contributed by atoms with Crippen LogP contribution in [0.1, 0.15) is 35.2 Å². The van der Waals surface area contributed by atoms with Gasteiger partial charge >= 0.3 is 0 Å². The van der Waals surface area contributed by atoms with Gasteiger partial charge < -0.3 is 5.32 Å². The molecule has 2 aliphatic rings. The molecule has 1 aliphatic heterocycles. The first-order valence-electron chi connectivity index (χ1n) is 9.72. The summed E-state index contributed by atoms with van der Waals surface area (Å²) in [4.78, 5) is 12.9. The average molecular weight is 437 g/mol. The van der Waals surface area contributed by atoms with E-state index in [2.05, 4.69) is 10.4 Å². The molecule has 1 aromatic carbocycles. The Bertz CT molecular complexity index is 1040. The molecule has 0 spiro atoms. The van der Waals surface area contributed by atoms with Gasteiger partial charge in [-0.05, 0) is 43.0 Å². The number of benzene rings is 1. The number of aryl methyl sites for hydroxylation is 2. The number of amides is 1. The second-order valence-electron chi connectivity index (χ2n) is 8.41. The number of halogens is 1. The predicted molar refractivity (Wildman–Crippen MR) is 110 cm³/mol. The number of hydrogen-bond donors (Lipinski definition) is 1. The topological polar surface area (TPSA) is 84.3 Å². The van der Waals surface area contributed by atoms with Crippen molar-refractivity contribution in [1.29, 1.82) is 0 Å². The summed E-state index contributed by atoms with van der Waals surface area (Å²) in [5, 5.41) is 7.60. The molecule has 1 N–H and O–H groups in total. The van der Waals surface area contributed by atoms with Gasteiger partial charge in [0.2, 0.25) is 10.0 Å². The molecule has 1 saturated carbocycles. The Kier molecular flexibility index (Phi) is 5.21. The molecule has 4 rings (SSSR count). The standard InChI is InChI=1S/C20H25ClN4O3S/c1-14-7-16(21)5-6-18(14)19(26)22-11-20(8-15-3-4-15)12-25(13-20)29(27,28)17-9-23-24(2)10-17/h5-7,9-10,15H,3-4,8,11-13H2,1-2H3,(H,22,26). The summed E-state index contributed by atoms with van der Waals surface area (Å²) in [5.41, 5.74) is 1.20. The van der Waals surface area contributed by atoms with Crippen molar-refractivity contribution < 1.29 is 13.2 Å². The Morgan fingerprint density at radius 2 is 2.07 bits per heavy atom. The van der Waals surface area contributed by atoms with Crippen LogP contribution in [0.2, 0.25) is 5.02 Å². The van der Waals surface area contributed by atoms with Gasteiger partial charge in [0.1, 0.15) is 4.90 Å². The molecular weight excluding hydrogens is 412 g/mol. The highest BCUT2D eigenvalue weighted by atomic mass is 35.5. The maximum absolute atomic E-state index is 12.8. The summed E-state index contributed by atoms with van der Waals surface area (Å²) in [6.07, 6.45) is 6.19. The van der Waals surface area contributed by atoms with Gasteiger partial charge in [-0.2, -0.15) is 9.40 Å². The molecule has 0 atom stereocenters. The third-order valence-corrected chi connectivity index (χ3v) is 7.80. The highest BCUT2D eigenvalue weighted by Crippen LogP contribution is 2.46. The highest BCUT2D eigenvalue weighted by molar-refractivity contribution is 7.89. The van der Waals surface area contributed by atoms with Crippen molar-refractivity contribution >= 4 is 27.5 Å². The van der Waals surface area contributed by atoms with E-state index in [0.717, 1.165) is 12.0 Å². The van der Waals surface area contributed by atoms with E-state index in [4.69, 9.17) is 11.6 Å². The van der Waals surface area contributed by atoms with Gasteiger partial charge in [-0.25, -0.2) is 8.42 Å². The second-order valence-corrected chi connectivity index (χ2v) is 10.8. The van der Waals surface area contributed by atoms with E-state index in [-0.39, 0.29) is 16.2 Å². The normalized spacial score (nSPS) is 19.0. The Labute approximate surface area is 176 Å². The van der Waals surface area contributed by atoms with Crippen molar-refractivity contribution in [3.8, 4) is 0 Å². The monoisotopic (exact) mass is 436 g/mol. The quantitative estimate of drug-likeness (QED) is 0.723. The van der Waals surface area contributed by atoms with Crippen LogP contribution in [0.25, 0.3) is 0 Å². The second kappa shape index (κ2) is 7.41. The summed E-state index contributed by atoms with van der Waals surface area (Å²) in [6, 6.07) is 5.19. The summed E-state index contributed by atoms with van der Waals surface area (Å²) >= 11 is 5.98. The fraction of sp³-hybridized carbons (Fsp3) is 0.500. The van der Waals surface area contributed by atoms with Crippen molar-refractivity contribution in [2.45, 2.75) is 31.1 Å². The Morgan fingerprint density at radius 3 is 2.66 bits per heavy atom. The lowest BCUT2D eigenvalue weighted by Gasteiger charge is -2.49. The van der Waals surface area contributed by atoms with Crippen molar-refractivity contribution in [1.82, 2.24) is 19.4 Å². The number of hydrogen-bond acceptors (Lipinski definition) is 4. The lowest BCUT2D eigenvalue weighted by molar-refractivity contribution is 0.0506. The van der Waals surface area contributed by atoms with E-state index < -0.39 is 10.0 Å². The summed E-state index contributed by atoms with van der Waals surface area (Å²) in [5.74, 6) is 0.482. The molecule has 1 aliphatic carbocycles. The molecule has 2 fully saturated rings. The fourth-order valence-electron chi connectivity index (χ4n) is 4.05. The van der Waals surface area contributed by atoms with Crippen LogP contribution in [-0.4, -0.2) is 48.0 Å². The number of carbonyl (C=O) groups excluding carboxylic acids is 1. The van der Waals surface area contributed by atoms with E-state index in [0.29, 0.717) is 36.1 Å². The number of sulfonamides is 1. The van der Waals surface area contributed by atoms with E-state index in [1.807, 2.05) is 6.92 Å². The van der Waals surface area contributed by atoms with Gasteiger partial charge in [-0.1, -0.05) is 24.4 Å². The number of nitrogens with zero attached hydrogens (tertiary/aromatic N) is 3. The van der Waals surface area contributed by atoms with Crippen LogP contribution in [0, 0.1) is 18.3 Å². The van der Waals surface area contributed by atoms with Gasteiger partial charge in [0.15, 0.2) is 0 Å². The summed E-state index contributed by atoms with van der Waals surface area (Å²) < 4.78 is 28.6. The molecule has 9 heteroatoms. The molecule has 7 nitrogen and oxygen atoms in total. The van der Waals surface area contributed by atoms with Crippen molar-refractivity contribution in [3.05, 3.63) is 46.7 Å². The maximum atomic E-state index is 12.8. The van der Waals surface area contributed by atoms with E-state index in [1.165, 1.54) is 34.2 Å². The van der Waals surface area contributed by atoms with Crippen molar-refractivity contribution in [3.63, 3.8) is 0 Å². The SMILES string of the molecule is Cc1cc(Cl)ccc1C(=O)NCC1(CC2CC2)CN(S(=O)(=O)c2cnn(C)c2)C1. The molecule has 1 amide bonds. The summed E-state index contributed by atoms with van der Waals surface area (Å²) in [6.45, 7) is 3.15. The minimum Gasteiger partial charge on any atom is -0.351 e. The van der Waals surface area contributed by atoms with Crippen LogP contribution in [0.5, 0.6) is 0 Å². The van der Waals surface area contributed by atoms with Crippen LogP contribution in [0.4, 0.5) is 0 Å². The van der Waals surface area contributed by atoms with Gasteiger partial charge in [0.05, 0.1) is 6.20 Å². The molecule has 1 aromatic heterocycles. The van der Waals surface area contributed by atoms with Crippen LogP contribution in [0.15, 0.2) is 35.5 Å². The number of nitrogens with one attached hydrogen (secondary N) is 1. The molecule has 156 valence electrons. The van der Waals surface area contributed by atoms with Gasteiger partial charge in [0.25, 0.3) is 5.91 Å². The molecule has 0 radical (unpaired) electrons. The third kappa shape index (κ3) is 4.20. The molecule has 2 heterocycles. The predicted octanol–water partition coefficient (Wildman–Crippen LogP) is 2.60. The molecule has 1 saturated heterocycles. The van der Waals surface area contributed by atoms with E-state index in [9.17, 15) is 13.2 Å². The van der Waals surface area contributed by atoms with Gasteiger partial charge in [-0.3, -0.25) is 9.48 Å². The van der Waals surface area contributed by atoms with Crippen LogP contribution in [0.3, 0.4) is 0 Å². The van der Waals surface area contributed by atoms with Gasteiger partial charge in [-0.15, -0.1) is 0 Å². The average Bonchev–Trinajstić information content (AvgIpc) is 3.33. The Balaban J connectivity index is 1.44. The Hall–Kier alpha value is -1.90. The zero-order chi connectivity index (χ0) is 20.8. The first-order chi connectivity index (χ1) is 13.7. The largest absolute Gasteiger partial charge is 0.351 e. The van der Waals surface area contributed by atoms with E-state index >= 15 is 0 Å². The van der Waals surface area contributed by atoms with Crippen LogP contribution >= 0.6 is 11.6 Å². The van der Waals surface area contributed by atoms with Crippen molar-refractivity contribution in [2.75, 3.05) is 19.6 Å². The Morgan fingerprint density at radius 1 is 1.34 bits per heavy atom. The fourth-order valence-corrected chi connectivity index (χ4v) is 5.92. The minimum absolute atomic E-state index is 0.150. The molecular formula is C20H25ClN4O3S. The highest BCUT2D eigenvalue weighted by Gasteiger charge is 2.50. The molecule has 0 unspecified atom stereocenters. The number of carbonyl (C=O) groups is 1.